The first-order valence-electron chi connectivity index (χ1n) is 15.2. The molecule has 3 aromatic rings. The molecule has 218 valence electrons. The Kier molecular flexibility index (Phi) is 7.53. The van der Waals surface area contributed by atoms with Crippen molar-refractivity contribution < 1.29 is 19.1 Å². The molecule has 4 atom stereocenters. The van der Waals surface area contributed by atoms with Gasteiger partial charge in [0.1, 0.15) is 29.6 Å². The highest BCUT2D eigenvalue weighted by Crippen LogP contribution is 2.34. The number of aromatic nitrogens is 4. The monoisotopic (exact) mass is 568 g/mol. The summed E-state index contributed by atoms with van der Waals surface area (Å²) in [4.78, 5) is 45.8. The molecule has 2 amide bonds. The summed E-state index contributed by atoms with van der Waals surface area (Å²) >= 11 is 0. The predicted octanol–water partition coefficient (Wildman–Crippen LogP) is 3.88. The van der Waals surface area contributed by atoms with Crippen LogP contribution in [-0.2, 0) is 19.1 Å². The first kappa shape index (κ1) is 26.9. The number of carbonyl (C=O) groups excluding carboxylic acids is 2. The van der Waals surface area contributed by atoms with Gasteiger partial charge in [-0.15, -0.1) is 0 Å². The Morgan fingerprint density at radius 3 is 1.93 bits per heavy atom. The number of aromatic amines is 2. The summed E-state index contributed by atoms with van der Waals surface area (Å²) < 4.78 is 11.3. The molecule has 2 aromatic heterocycles. The highest BCUT2D eigenvalue weighted by Gasteiger charge is 2.38. The van der Waals surface area contributed by atoms with E-state index in [4.69, 9.17) is 9.47 Å². The number of amides is 2. The molecule has 10 heteroatoms. The van der Waals surface area contributed by atoms with Crippen LogP contribution in [0.25, 0.3) is 11.3 Å². The summed E-state index contributed by atoms with van der Waals surface area (Å²) in [7, 11) is 0. The van der Waals surface area contributed by atoms with Gasteiger partial charge in [-0.05, 0) is 75.0 Å². The van der Waals surface area contributed by atoms with E-state index >= 15 is 0 Å². The quantitative estimate of drug-likeness (QED) is 0.452. The molecule has 2 N–H and O–H groups in total. The van der Waals surface area contributed by atoms with Crippen molar-refractivity contribution in [3.8, 4) is 23.1 Å². The summed E-state index contributed by atoms with van der Waals surface area (Å²) in [6, 6.07) is 7.93. The molecule has 42 heavy (non-hydrogen) atoms. The molecule has 4 aliphatic rings. The van der Waals surface area contributed by atoms with Gasteiger partial charge in [0.2, 0.25) is 0 Å². The maximum absolute atomic E-state index is 13.0. The van der Waals surface area contributed by atoms with E-state index in [2.05, 4.69) is 31.8 Å². The second-order valence-electron chi connectivity index (χ2n) is 11.6. The highest BCUT2D eigenvalue weighted by atomic mass is 16.5. The molecular formula is C32H36N6O4. The fourth-order valence-electron chi connectivity index (χ4n) is 6.64. The van der Waals surface area contributed by atoms with E-state index in [0.717, 1.165) is 98.6 Å². The molecule has 10 nitrogen and oxygen atoms in total. The SMILES string of the molecule is O=C([C@H]1CCCO1)N1CCC[C@H]1c1ncc(C#Cc2ccc(-c3cnc([C@@H]4CCCN4C(=O)[C@H]4CCCO4)[nH]3)cc2)[nH]1. The Bertz CT molecular complexity index is 1490. The van der Waals surface area contributed by atoms with Crippen molar-refractivity contribution in [1.82, 2.24) is 29.7 Å². The number of nitrogens with one attached hydrogen (secondary N) is 2. The van der Waals surface area contributed by atoms with Gasteiger partial charge in [0.15, 0.2) is 0 Å². The van der Waals surface area contributed by atoms with Crippen LogP contribution in [0.3, 0.4) is 0 Å². The number of likely N-dealkylation sites (tertiary alicyclic amines) is 2. The molecule has 0 radical (unpaired) electrons. The third-order valence-electron chi connectivity index (χ3n) is 8.84. The molecule has 6 heterocycles. The second-order valence-corrected chi connectivity index (χ2v) is 11.6. The van der Waals surface area contributed by atoms with Crippen LogP contribution in [0.15, 0.2) is 36.7 Å². The number of hydrogen-bond donors (Lipinski definition) is 2. The van der Waals surface area contributed by atoms with Crippen LogP contribution in [0.4, 0.5) is 0 Å². The van der Waals surface area contributed by atoms with Crippen LogP contribution in [-0.4, -0.2) is 80.1 Å². The topological polar surface area (TPSA) is 116 Å². The van der Waals surface area contributed by atoms with Crippen LogP contribution >= 0.6 is 0 Å². The van der Waals surface area contributed by atoms with Gasteiger partial charge in [-0.2, -0.15) is 0 Å². The fourth-order valence-corrected chi connectivity index (χ4v) is 6.64. The molecule has 0 spiro atoms. The molecule has 0 saturated carbocycles. The first-order valence-corrected chi connectivity index (χ1v) is 15.2. The van der Waals surface area contributed by atoms with E-state index in [0.29, 0.717) is 13.2 Å². The molecule has 4 fully saturated rings. The van der Waals surface area contributed by atoms with Crippen molar-refractivity contribution in [1.29, 1.82) is 0 Å². The number of benzene rings is 1. The highest BCUT2D eigenvalue weighted by molar-refractivity contribution is 5.82. The lowest BCUT2D eigenvalue weighted by Gasteiger charge is -2.25. The molecule has 1 aromatic carbocycles. The Balaban J connectivity index is 0.997. The summed E-state index contributed by atoms with van der Waals surface area (Å²) in [5.74, 6) is 8.17. The van der Waals surface area contributed by atoms with Crippen molar-refractivity contribution in [2.75, 3.05) is 26.3 Å². The Morgan fingerprint density at radius 1 is 0.738 bits per heavy atom. The molecule has 4 saturated heterocycles. The van der Waals surface area contributed by atoms with Gasteiger partial charge in [0.25, 0.3) is 11.8 Å². The number of hydrogen-bond acceptors (Lipinski definition) is 6. The number of carbonyl (C=O) groups is 2. The first-order chi connectivity index (χ1) is 20.6. The minimum Gasteiger partial charge on any atom is -0.368 e. The molecule has 4 aliphatic heterocycles. The maximum atomic E-state index is 13.0. The van der Waals surface area contributed by atoms with E-state index in [1.165, 1.54) is 0 Å². The van der Waals surface area contributed by atoms with Crippen molar-refractivity contribution in [3.05, 3.63) is 59.6 Å². The Morgan fingerprint density at radius 2 is 1.33 bits per heavy atom. The van der Waals surface area contributed by atoms with E-state index in [1.807, 2.05) is 40.3 Å². The number of imidazole rings is 2. The maximum Gasteiger partial charge on any atom is 0.252 e. The minimum atomic E-state index is -0.311. The Labute approximate surface area is 245 Å². The Hall–Kier alpha value is -3.94. The lowest BCUT2D eigenvalue weighted by Crippen LogP contribution is -2.38. The standard InChI is InChI=1S/C32H36N6O4/c39-31(27-7-3-17-41-27)37-15-1-5-25(37)29-33-19-23(35-29)14-11-21-9-12-22(13-10-21)24-20-34-30(36-24)26-6-2-16-38(26)32(40)28-8-4-18-42-28/h9-10,12-13,19-20,25-28H,1-8,15-18H2,(H,33,35)(H,34,36)/t25-,26-,27+,28+/m0/s1. The smallest absolute Gasteiger partial charge is 0.252 e. The number of nitrogens with zero attached hydrogens (tertiary/aromatic N) is 4. The lowest BCUT2D eigenvalue weighted by molar-refractivity contribution is -0.142. The van der Waals surface area contributed by atoms with Gasteiger partial charge in [-0.1, -0.05) is 18.1 Å². The van der Waals surface area contributed by atoms with Gasteiger partial charge in [0, 0.05) is 31.9 Å². The third-order valence-corrected chi connectivity index (χ3v) is 8.84. The second kappa shape index (κ2) is 11.7. The largest absolute Gasteiger partial charge is 0.368 e. The number of ether oxygens (including phenoxy) is 2. The van der Waals surface area contributed by atoms with Crippen LogP contribution in [0.1, 0.15) is 86.4 Å². The minimum absolute atomic E-state index is 0.0367. The van der Waals surface area contributed by atoms with Gasteiger partial charge < -0.3 is 29.2 Å². The fraction of sp³-hybridized carbons (Fsp3) is 0.500. The van der Waals surface area contributed by atoms with Gasteiger partial charge in [0.05, 0.1) is 30.2 Å². The summed E-state index contributed by atoms with van der Waals surface area (Å²) in [6.45, 7) is 2.82. The van der Waals surface area contributed by atoms with Crippen molar-refractivity contribution in [2.24, 2.45) is 0 Å². The molecular weight excluding hydrogens is 532 g/mol. The number of rotatable bonds is 5. The van der Waals surface area contributed by atoms with E-state index in [9.17, 15) is 9.59 Å². The zero-order chi connectivity index (χ0) is 28.5. The van der Waals surface area contributed by atoms with Gasteiger partial charge in [-0.25, -0.2) is 9.97 Å². The van der Waals surface area contributed by atoms with Gasteiger partial charge >= 0.3 is 0 Å². The van der Waals surface area contributed by atoms with E-state index < -0.39 is 0 Å². The normalized spacial score (nSPS) is 25.6. The van der Waals surface area contributed by atoms with Crippen molar-refractivity contribution in [3.63, 3.8) is 0 Å². The van der Waals surface area contributed by atoms with Gasteiger partial charge in [-0.3, -0.25) is 9.59 Å². The summed E-state index contributed by atoms with van der Waals surface area (Å²) in [5, 5.41) is 0. The van der Waals surface area contributed by atoms with Crippen LogP contribution in [0.5, 0.6) is 0 Å². The lowest BCUT2D eigenvalue weighted by atomic mass is 10.1. The van der Waals surface area contributed by atoms with Crippen LogP contribution in [0, 0.1) is 11.8 Å². The average Bonchev–Trinajstić information content (AvgIpc) is 3.86. The zero-order valence-electron chi connectivity index (χ0n) is 23.7. The number of H-pyrrole nitrogens is 2. The summed E-state index contributed by atoms with van der Waals surface area (Å²) in [6.07, 6.45) is 10.2. The average molecular weight is 569 g/mol. The molecule has 7 rings (SSSR count). The van der Waals surface area contributed by atoms with Crippen molar-refractivity contribution >= 4 is 11.8 Å². The van der Waals surface area contributed by atoms with E-state index in [1.54, 1.807) is 6.20 Å². The third kappa shape index (κ3) is 5.35. The van der Waals surface area contributed by atoms with Crippen LogP contribution in [0.2, 0.25) is 0 Å². The van der Waals surface area contributed by atoms with Crippen LogP contribution < -0.4 is 0 Å². The molecule has 0 unspecified atom stereocenters. The van der Waals surface area contributed by atoms with Crippen molar-refractivity contribution in [2.45, 2.75) is 75.7 Å². The molecule has 0 aliphatic carbocycles. The van der Waals surface area contributed by atoms with E-state index in [-0.39, 0.29) is 36.1 Å². The summed E-state index contributed by atoms with van der Waals surface area (Å²) in [5.41, 5.74) is 3.53. The predicted molar refractivity (Wildman–Crippen MR) is 154 cm³/mol. The zero-order valence-corrected chi connectivity index (χ0v) is 23.7. The molecule has 0 bridgehead atoms.